The van der Waals surface area contributed by atoms with Gasteiger partial charge in [-0.25, -0.2) is 4.98 Å². The predicted molar refractivity (Wildman–Crippen MR) is 54.5 cm³/mol. The molecule has 0 atom stereocenters. The van der Waals surface area contributed by atoms with Gasteiger partial charge in [-0.3, -0.25) is 0 Å². The molecule has 0 aliphatic rings. The highest BCUT2D eigenvalue weighted by Gasteiger charge is 2.02. The van der Waals surface area contributed by atoms with Gasteiger partial charge >= 0.3 is 0 Å². The number of methoxy groups -OCH3 is 1. The molecule has 0 spiro atoms. The summed E-state index contributed by atoms with van der Waals surface area (Å²) in [5.74, 6) is 1.84. The molecule has 0 aromatic carbocycles. The first-order valence-electron chi connectivity index (χ1n) is 4.55. The molecule has 0 bridgehead atoms. The zero-order chi connectivity index (χ0) is 9.97. The molecule has 0 fully saturated rings. The molecule has 0 amide bonds. The van der Waals surface area contributed by atoms with Crippen LogP contribution in [0.4, 0.5) is 0 Å². The lowest BCUT2D eigenvalue weighted by atomic mass is 10.3. The van der Waals surface area contributed by atoms with E-state index in [1.807, 2.05) is 28.9 Å². The Kier molecular flexibility index (Phi) is 2.37. The van der Waals surface area contributed by atoms with Crippen LogP contribution >= 0.6 is 0 Å². The summed E-state index contributed by atoms with van der Waals surface area (Å²) in [6.07, 6.45) is 4.57. The van der Waals surface area contributed by atoms with E-state index in [9.17, 15) is 0 Å². The lowest BCUT2D eigenvalue weighted by Gasteiger charge is -2.02. The second-order valence-corrected chi connectivity index (χ2v) is 3.07. The monoisotopic (exact) mass is 191 g/mol. The second-order valence-electron chi connectivity index (χ2n) is 3.07. The molecule has 0 aliphatic heterocycles. The maximum atomic E-state index is 5.49. The Bertz CT molecular complexity index is 436. The molecule has 2 aromatic heterocycles. The van der Waals surface area contributed by atoms with Gasteiger partial charge in [-0.05, 0) is 12.6 Å². The van der Waals surface area contributed by atoms with Crippen molar-refractivity contribution in [2.75, 3.05) is 13.7 Å². The number of pyridine rings is 1. The molecule has 0 aliphatic carbocycles. The molecule has 2 aromatic rings. The molecular formula is C10H13N3O. The highest BCUT2D eigenvalue weighted by atomic mass is 16.5. The molecule has 4 heteroatoms. The van der Waals surface area contributed by atoms with E-state index in [1.165, 1.54) is 0 Å². The van der Waals surface area contributed by atoms with E-state index < -0.39 is 0 Å². The summed E-state index contributed by atoms with van der Waals surface area (Å²) in [5, 5.41) is 0. The minimum Gasteiger partial charge on any atom is -0.497 e. The number of hydrogen-bond donors (Lipinski definition) is 1. The first kappa shape index (κ1) is 9.02. The van der Waals surface area contributed by atoms with Crippen molar-refractivity contribution >= 4 is 5.52 Å². The lowest BCUT2D eigenvalue weighted by molar-refractivity contribution is 0.414. The molecule has 14 heavy (non-hydrogen) atoms. The highest BCUT2D eigenvalue weighted by Crippen LogP contribution is 2.15. The fourth-order valence-electron chi connectivity index (χ4n) is 1.48. The SMILES string of the molecule is COc1ccn2c(CCN)ncc2c1. The van der Waals surface area contributed by atoms with Gasteiger partial charge in [-0.2, -0.15) is 0 Å². The van der Waals surface area contributed by atoms with Crippen molar-refractivity contribution in [2.24, 2.45) is 5.73 Å². The maximum Gasteiger partial charge on any atom is 0.122 e. The number of hydrogen-bond acceptors (Lipinski definition) is 3. The molecule has 4 nitrogen and oxygen atoms in total. The van der Waals surface area contributed by atoms with Gasteiger partial charge in [-0.15, -0.1) is 0 Å². The molecule has 2 N–H and O–H groups in total. The van der Waals surface area contributed by atoms with Gasteiger partial charge in [0.1, 0.15) is 11.6 Å². The summed E-state index contributed by atoms with van der Waals surface area (Å²) in [6.45, 7) is 0.616. The normalized spacial score (nSPS) is 10.7. The summed E-state index contributed by atoms with van der Waals surface area (Å²) >= 11 is 0. The maximum absolute atomic E-state index is 5.49. The summed E-state index contributed by atoms with van der Waals surface area (Å²) < 4.78 is 7.15. The van der Waals surface area contributed by atoms with Crippen LogP contribution in [0.3, 0.4) is 0 Å². The number of imidazole rings is 1. The smallest absolute Gasteiger partial charge is 0.122 e. The zero-order valence-electron chi connectivity index (χ0n) is 8.10. The minimum atomic E-state index is 0.616. The lowest BCUT2D eigenvalue weighted by Crippen LogP contribution is -2.06. The van der Waals surface area contributed by atoms with Gasteiger partial charge in [0.2, 0.25) is 0 Å². The third-order valence-corrected chi connectivity index (χ3v) is 2.18. The second kappa shape index (κ2) is 3.67. The third kappa shape index (κ3) is 1.44. The average Bonchev–Trinajstić information content (AvgIpc) is 2.61. The molecule has 0 saturated carbocycles. The van der Waals surface area contributed by atoms with Crippen molar-refractivity contribution in [3.63, 3.8) is 0 Å². The minimum absolute atomic E-state index is 0.616. The first-order valence-corrected chi connectivity index (χ1v) is 4.55. The van der Waals surface area contributed by atoms with Gasteiger partial charge in [0, 0.05) is 18.7 Å². The van der Waals surface area contributed by atoms with Crippen LogP contribution in [-0.2, 0) is 6.42 Å². The Hall–Kier alpha value is -1.55. The number of fused-ring (bicyclic) bond motifs is 1. The van der Waals surface area contributed by atoms with Gasteiger partial charge in [-0.1, -0.05) is 0 Å². The number of aromatic nitrogens is 2. The molecule has 2 heterocycles. The van der Waals surface area contributed by atoms with Crippen LogP contribution in [0.2, 0.25) is 0 Å². The van der Waals surface area contributed by atoms with Crippen LogP contribution in [-0.4, -0.2) is 23.0 Å². The Morgan fingerprint density at radius 2 is 2.43 bits per heavy atom. The predicted octanol–water partition coefficient (Wildman–Crippen LogP) is 0.844. The largest absolute Gasteiger partial charge is 0.497 e. The number of nitrogens with zero attached hydrogens (tertiary/aromatic N) is 2. The van der Waals surface area contributed by atoms with Crippen LogP contribution in [0, 0.1) is 0 Å². The zero-order valence-corrected chi connectivity index (χ0v) is 8.10. The van der Waals surface area contributed by atoms with Crippen LogP contribution in [0.1, 0.15) is 5.82 Å². The quantitative estimate of drug-likeness (QED) is 0.782. The Morgan fingerprint density at radius 3 is 3.14 bits per heavy atom. The Labute approximate surface area is 82.3 Å². The topological polar surface area (TPSA) is 52.5 Å². The van der Waals surface area contributed by atoms with Gasteiger partial charge in [0.15, 0.2) is 0 Å². The summed E-state index contributed by atoms with van der Waals surface area (Å²) in [7, 11) is 1.66. The van der Waals surface area contributed by atoms with Crippen molar-refractivity contribution < 1.29 is 4.74 Å². The molecular weight excluding hydrogens is 178 g/mol. The van der Waals surface area contributed by atoms with E-state index >= 15 is 0 Å². The summed E-state index contributed by atoms with van der Waals surface area (Å²) in [5.41, 5.74) is 6.52. The number of ether oxygens (including phenoxy) is 1. The Morgan fingerprint density at radius 1 is 1.57 bits per heavy atom. The van der Waals surface area contributed by atoms with Crippen molar-refractivity contribution in [3.8, 4) is 5.75 Å². The van der Waals surface area contributed by atoms with Crippen LogP contribution in [0.5, 0.6) is 5.75 Å². The number of nitrogens with two attached hydrogens (primary N) is 1. The van der Waals surface area contributed by atoms with Crippen molar-refractivity contribution in [2.45, 2.75) is 6.42 Å². The summed E-state index contributed by atoms with van der Waals surface area (Å²) in [6, 6.07) is 3.86. The van der Waals surface area contributed by atoms with Gasteiger partial charge in [0.25, 0.3) is 0 Å². The third-order valence-electron chi connectivity index (χ3n) is 2.18. The molecule has 2 rings (SSSR count). The molecule has 0 radical (unpaired) electrons. The first-order chi connectivity index (χ1) is 6.85. The fraction of sp³-hybridized carbons (Fsp3) is 0.300. The average molecular weight is 191 g/mol. The molecule has 74 valence electrons. The van der Waals surface area contributed by atoms with Gasteiger partial charge < -0.3 is 14.9 Å². The highest BCUT2D eigenvalue weighted by molar-refractivity contribution is 5.50. The summed E-state index contributed by atoms with van der Waals surface area (Å²) in [4.78, 5) is 4.29. The standard InChI is InChI=1S/C10H13N3O/c1-14-9-3-5-13-8(6-9)7-12-10(13)2-4-11/h3,5-7H,2,4,11H2,1H3. The van der Waals surface area contributed by atoms with Crippen LogP contribution < -0.4 is 10.5 Å². The molecule has 0 unspecified atom stereocenters. The van der Waals surface area contributed by atoms with Crippen molar-refractivity contribution in [3.05, 3.63) is 30.4 Å². The Balaban J connectivity index is 2.48. The van der Waals surface area contributed by atoms with Crippen molar-refractivity contribution in [1.82, 2.24) is 9.38 Å². The van der Waals surface area contributed by atoms with E-state index in [2.05, 4.69) is 4.98 Å². The van der Waals surface area contributed by atoms with Crippen LogP contribution in [0.15, 0.2) is 24.5 Å². The van der Waals surface area contributed by atoms with Crippen LogP contribution in [0.25, 0.3) is 5.52 Å². The van der Waals surface area contributed by atoms with E-state index in [-0.39, 0.29) is 0 Å². The van der Waals surface area contributed by atoms with E-state index in [0.717, 1.165) is 23.5 Å². The van der Waals surface area contributed by atoms with E-state index in [0.29, 0.717) is 6.54 Å². The number of rotatable bonds is 3. The van der Waals surface area contributed by atoms with Gasteiger partial charge in [0.05, 0.1) is 18.8 Å². The van der Waals surface area contributed by atoms with E-state index in [1.54, 1.807) is 7.11 Å². The van der Waals surface area contributed by atoms with Crippen molar-refractivity contribution in [1.29, 1.82) is 0 Å². The molecule has 0 saturated heterocycles. The fourth-order valence-corrected chi connectivity index (χ4v) is 1.48. The van der Waals surface area contributed by atoms with E-state index in [4.69, 9.17) is 10.5 Å².